The van der Waals surface area contributed by atoms with Crippen molar-refractivity contribution >= 4 is 54.6 Å². The molecule has 3 heteroatoms. The Hall–Kier alpha value is -6.45. The van der Waals surface area contributed by atoms with E-state index in [0.717, 1.165) is 77.3 Å². The van der Waals surface area contributed by atoms with Crippen LogP contribution in [0.3, 0.4) is 0 Å². The van der Waals surface area contributed by atoms with E-state index in [1.807, 2.05) is 0 Å². The molecule has 0 bridgehead atoms. The summed E-state index contributed by atoms with van der Waals surface area (Å²) in [4.78, 5) is 5.22. The van der Waals surface area contributed by atoms with E-state index in [-0.39, 0.29) is 0 Å². The van der Waals surface area contributed by atoms with Gasteiger partial charge in [-0.2, -0.15) is 0 Å². The van der Waals surface area contributed by atoms with Crippen molar-refractivity contribution in [1.29, 1.82) is 0 Å². The molecule has 0 aliphatic rings. The summed E-state index contributed by atoms with van der Waals surface area (Å²) in [5.41, 5.74) is 12.7. The summed E-state index contributed by atoms with van der Waals surface area (Å²) in [5, 5.41) is 5.61. The quantitative estimate of drug-likeness (QED) is 0.198. The molecule has 0 radical (unpaired) electrons. The van der Waals surface area contributed by atoms with Gasteiger partial charge in [-0.1, -0.05) is 115 Å². The summed E-state index contributed by atoms with van der Waals surface area (Å²) < 4.78 is 9.32. The zero-order valence-corrected chi connectivity index (χ0v) is 26.0. The molecular weight excluding hydrogens is 585 g/mol. The van der Waals surface area contributed by atoms with Gasteiger partial charge in [-0.3, -0.25) is 0 Å². The second-order valence-electron chi connectivity index (χ2n) is 12.3. The molecule has 0 fully saturated rings. The average Bonchev–Trinajstić information content (AvgIpc) is 3.71. The molecule has 0 aliphatic carbocycles. The van der Waals surface area contributed by atoms with Crippen molar-refractivity contribution in [2.75, 3.05) is 0 Å². The largest absolute Gasteiger partial charge is 0.455 e. The molecule has 7 aromatic carbocycles. The Morgan fingerprint density at radius 3 is 1.96 bits per heavy atom. The first-order valence-electron chi connectivity index (χ1n) is 16.3. The summed E-state index contributed by atoms with van der Waals surface area (Å²) in [6.07, 6.45) is 0. The lowest BCUT2D eigenvalue weighted by molar-refractivity contribution is 0.674. The van der Waals surface area contributed by atoms with Gasteiger partial charge in [0.2, 0.25) is 0 Å². The van der Waals surface area contributed by atoms with Gasteiger partial charge in [-0.15, -0.1) is 0 Å². The molecule has 0 N–H and O–H groups in total. The zero-order valence-electron chi connectivity index (χ0n) is 26.0. The second-order valence-corrected chi connectivity index (χ2v) is 12.3. The van der Waals surface area contributed by atoms with Gasteiger partial charge in [0.1, 0.15) is 11.2 Å². The predicted octanol–water partition coefficient (Wildman–Crippen LogP) is 12.2. The molecule has 3 heterocycles. The summed E-state index contributed by atoms with van der Waals surface area (Å²) >= 11 is 0. The Balaban J connectivity index is 1.22. The normalized spacial score (nSPS) is 11.8. The number of benzene rings is 7. The average molecular weight is 613 g/mol. The first-order chi connectivity index (χ1) is 23.8. The highest BCUT2D eigenvalue weighted by Gasteiger charge is 2.21. The molecule has 0 aliphatic heterocycles. The van der Waals surface area contributed by atoms with Crippen molar-refractivity contribution in [2.45, 2.75) is 0 Å². The predicted molar refractivity (Wildman–Crippen MR) is 200 cm³/mol. The van der Waals surface area contributed by atoms with Gasteiger partial charge in [0.25, 0.3) is 0 Å². The molecular formula is C45H28N2O. The summed E-state index contributed by atoms with van der Waals surface area (Å²) in [5.74, 6) is 0. The first-order valence-corrected chi connectivity index (χ1v) is 16.3. The van der Waals surface area contributed by atoms with Crippen molar-refractivity contribution in [3.63, 3.8) is 0 Å². The summed E-state index contributed by atoms with van der Waals surface area (Å²) in [6.45, 7) is 0. The van der Waals surface area contributed by atoms with Gasteiger partial charge in [0.05, 0.1) is 27.6 Å². The van der Waals surface area contributed by atoms with Crippen LogP contribution < -0.4 is 0 Å². The third-order valence-electron chi connectivity index (χ3n) is 9.59. The first kappa shape index (κ1) is 26.7. The fourth-order valence-electron chi connectivity index (χ4n) is 7.41. The van der Waals surface area contributed by atoms with E-state index in [1.54, 1.807) is 0 Å². The minimum absolute atomic E-state index is 0.850. The summed E-state index contributed by atoms with van der Waals surface area (Å²) in [7, 11) is 0. The number of fused-ring (bicyclic) bond motifs is 8. The maximum atomic E-state index is 6.99. The number of pyridine rings is 1. The minimum Gasteiger partial charge on any atom is -0.455 e. The summed E-state index contributed by atoms with van der Waals surface area (Å²) in [6, 6.07) is 60.0. The van der Waals surface area contributed by atoms with Crippen LogP contribution in [0, 0.1) is 0 Å². The topological polar surface area (TPSA) is 31.0 Å². The molecule has 0 amide bonds. The number of furan rings is 1. The van der Waals surface area contributed by atoms with Crippen LogP contribution in [0.4, 0.5) is 0 Å². The number of para-hydroxylation sites is 4. The lowest BCUT2D eigenvalue weighted by Crippen LogP contribution is -1.92. The second kappa shape index (κ2) is 10.5. The minimum atomic E-state index is 0.850. The van der Waals surface area contributed by atoms with E-state index in [0.29, 0.717) is 0 Å². The molecule has 48 heavy (non-hydrogen) atoms. The number of nitrogens with zero attached hydrogens (tertiary/aromatic N) is 2. The van der Waals surface area contributed by atoms with Gasteiger partial charge in [-0.25, -0.2) is 4.98 Å². The highest BCUT2D eigenvalue weighted by molar-refractivity contribution is 6.24. The third-order valence-corrected chi connectivity index (χ3v) is 9.59. The van der Waals surface area contributed by atoms with Gasteiger partial charge in [0, 0.05) is 32.8 Å². The lowest BCUT2D eigenvalue weighted by atomic mass is 9.95. The van der Waals surface area contributed by atoms with E-state index >= 15 is 0 Å². The van der Waals surface area contributed by atoms with E-state index in [9.17, 15) is 0 Å². The molecule has 0 atom stereocenters. The Labute approximate surface area is 277 Å². The maximum Gasteiger partial charge on any atom is 0.145 e. The number of hydrogen-bond acceptors (Lipinski definition) is 2. The van der Waals surface area contributed by atoms with Gasteiger partial charge in [-0.05, 0) is 76.9 Å². The SMILES string of the molecule is c1ccc(-c2cccc(-c3cc(-c4cccc5c4oc4c5ccc5c4c4ccccc4n5-c4ccccc4)nc4ccccc34)c2)cc1. The van der Waals surface area contributed by atoms with Crippen LogP contribution in [0.2, 0.25) is 0 Å². The molecule has 224 valence electrons. The monoisotopic (exact) mass is 612 g/mol. The zero-order chi connectivity index (χ0) is 31.6. The van der Waals surface area contributed by atoms with Gasteiger partial charge < -0.3 is 8.98 Å². The van der Waals surface area contributed by atoms with Gasteiger partial charge >= 0.3 is 0 Å². The number of hydrogen-bond donors (Lipinski definition) is 0. The molecule has 0 saturated carbocycles. The van der Waals surface area contributed by atoms with Crippen LogP contribution >= 0.6 is 0 Å². The highest BCUT2D eigenvalue weighted by Crippen LogP contribution is 2.43. The van der Waals surface area contributed by atoms with Crippen LogP contribution in [-0.4, -0.2) is 9.55 Å². The van der Waals surface area contributed by atoms with Gasteiger partial charge in [0.15, 0.2) is 0 Å². The van der Waals surface area contributed by atoms with Crippen molar-refractivity contribution < 1.29 is 4.42 Å². The van der Waals surface area contributed by atoms with Crippen LogP contribution in [-0.2, 0) is 0 Å². The highest BCUT2D eigenvalue weighted by atomic mass is 16.3. The van der Waals surface area contributed by atoms with Crippen molar-refractivity contribution in [3.8, 4) is 39.2 Å². The number of aromatic nitrogens is 2. The van der Waals surface area contributed by atoms with E-state index in [4.69, 9.17) is 9.40 Å². The van der Waals surface area contributed by atoms with Crippen LogP contribution in [0.25, 0.3) is 93.8 Å². The van der Waals surface area contributed by atoms with Crippen LogP contribution in [0.1, 0.15) is 0 Å². The number of rotatable bonds is 4. The van der Waals surface area contributed by atoms with E-state index < -0.39 is 0 Å². The molecule has 10 rings (SSSR count). The fraction of sp³-hybridized carbons (Fsp3) is 0. The maximum absolute atomic E-state index is 6.99. The Kier molecular flexibility index (Phi) is 5.87. The Morgan fingerprint density at radius 2 is 1.08 bits per heavy atom. The van der Waals surface area contributed by atoms with Crippen LogP contribution in [0.5, 0.6) is 0 Å². The molecule has 0 spiro atoms. The van der Waals surface area contributed by atoms with Crippen LogP contribution in [0.15, 0.2) is 174 Å². The van der Waals surface area contributed by atoms with Crippen molar-refractivity contribution in [2.24, 2.45) is 0 Å². The fourth-order valence-corrected chi connectivity index (χ4v) is 7.41. The van der Waals surface area contributed by atoms with Crippen molar-refractivity contribution in [1.82, 2.24) is 9.55 Å². The van der Waals surface area contributed by atoms with E-state index in [1.165, 1.54) is 16.5 Å². The molecule has 0 saturated heterocycles. The molecule has 10 aromatic rings. The Morgan fingerprint density at radius 1 is 0.417 bits per heavy atom. The van der Waals surface area contributed by atoms with Crippen molar-refractivity contribution in [3.05, 3.63) is 170 Å². The third kappa shape index (κ3) is 4.04. The Bertz CT molecular complexity index is 2830. The lowest BCUT2D eigenvalue weighted by Gasteiger charge is -2.12. The molecule has 0 unspecified atom stereocenters. The van der Waals surface area contributed by atoms with E-state index in [2.05, 4.69) is 174 Å². The molecule has 3 aromatic heterocycles. The molecule has 3 nitrogen and oxygen atoms in total. The standard InChI is InChI=1S/C45H28N2O/c1-3-13-29(14-4-1)30-15-11-16-31(27-30)38-28-40(46-39-23-9-7-19-33(38)39)36-22-12-21-34-35-25-26-42-43(45(35)48-44(34)36)37-20-8-10-24-41(37)47(42)32-17-5-2-6-18-32/h1-28H. The smallest absolute Gasteiger partial charge is 0.145 e.